The molecular formula is C10H21NO3. The van der Waals surface area contributed by atoms with Crippen LogP contribution in [0.1, 0.15) is 40.5 Å². The topological polar surface area (TPSA) is 69.6 Å². The number of aliphatic hydroxyl groups excluding tert-OH is 1. The number of carboxylic acid groups (broad SMARTS) is 1. The van der Waals surface area contributed by atoms with Gasteiger partial charge in [-0.15, -0.1) is 0 Å². The zero-order valence-corrected chi connectivity index (χ0v) is 9.42. The minimum absolute atomic E-state index is 0.0449. The molecule has 0 heterocycles. The largest absolute Gasteiger partial charge is 0.480 e. The lowest BCUT2D eigenvalue weighted by atomic mass is 9.89. The molecule has 0 bridgehead atoms. The Balaban J connectivity index is 4.67. The van der Waals surface area contributed by atoms with E-state index in [9.17, 15) is 9.90 Å². The fourth-order valence-corrected chi connectivity index (χ4v) is 1.41. The van der Waals surface area contributed by atoms with Crippen molar-refractivity contribution in [1.29, 1.82) is 0 Å². The van der Waals surface area contributed by atoms with Crippen molar-refractivity contribution >= 4 is 5.97 Å². The van der Waals surface area contributed by atoms with Gasteiger partial charge >= 0.3 is 5.97 Å². The fourth-order valence-electron chi connectivity index (χ4n) is 1.41. The van der Waals surface area contributed by atoms with Gasteiger partial charge in [0.1, 0.15) is 5.54 Å². The van der Waals surface area contributed by atoms with Gasteiger partial charge in [-0.2, -0.15) is 0 Å². The molecule has 0 fully saturated rings. The highest BCUT2D eigenvalue weighted by atomic mass is 16.4. The van der Waals surface area contributed by atoms with E-state index >= 15 is 0 Å². The van der Waals surface area contributed by atoms with E-state index in [0.29, 0.717) is 12.8 Å². The summed E-state index contributed by atoms with van der Waals surface area (Å²) in [5.74, 6) is -0.905. The summed E-state index contributed by atoms with van der Waals surface area (Å²) in [7, 11) is 0. The van der Waals surface area contributed by atoms with Gasteiger partial charge in [0.25, 0.3) is 0 Å². The Hall–Kier alpha value is -0.610. The number of carboxylic acids is 1. The SMILES string of the molecule is CCC(CC)(CO)NC(C)(C)C(=O)O. The molecule has 14 heavy (non-hydrogen) atoms. The summed E-state index contributed by atoms with van der Waals surface area (Å²) < 4.78 is 0. The molecular weight excluding hydrogens is 182 g/mol. The van der Waals surface area contributed by atoms with E-state index in [4.69, 9.17) is 5.11 Å². The number of aliphatic carboxylic acids is 1. The summed E-state index contributed by atoms with van der Waals surface area (Å²) in [5.41, 5.74) is -1.49. The number of rotatable bonds is 6. The Labute approximate surface area is 85.3 Å². The second-order valence-corrected chi connectivity index (χ2v) is 4.20. The highest BCUT2D eigenvalue weighted by Crippen LogP contribution is 2.19. The first-order valence-corrected chi connectivity index (χ1v) is 4.97. The predicted octanol–water partition coefficient (Wildman–Crippen LogP) is 0.990. The third-order valence-electron chi connectivity index (χ3n) is 2.77. The molecule has 3 N–H and O–H groups in total. The van der Waals surface area contributed by atoms with Crippen molar-refractivity contribution in [2.24, 2.45) is 0 Å². The van der Waals surface area contributed by atoms with Crippen LogP contribution in [0.4, 0.5) is 0 Å². The molecule has 0 aliphatic carbocycles. The minimum Gasteiger partial charge on any atom is -0.480 e. The van der Waals surface area contributed by atoms with Crippen LogP contribution in [0.15, 0.2) is 0 Å². The Morgan fingerprint density at radius 3 is 1.93 bits per heavy atom. The molecule has 0 aliphatic rings. The zero-order valence-electron chi connectivity index (χ0n) is 9.42. The fraction of sp³-hybridized carbons (Fsp3) is 0.900. The van der Waals surface area contributed by atoms with Crippen LogP contribution in [0.3, 0.4) is 0 Å². The van der Waals surface area contributed by atoms with Crippen LogP contribution >= 0.6 is 0 Å². The summed E-state index contributed by atoms with van der Waals surface area (Å²) in [4.78, 5) is 10.9. The molecule has 0 spiro atoms. The van der Waals surface area contributed by atoms with Crippen LogP contribution in [0.25, 0.3) is 0 Å². The predicted molar refractivity (Wildman–Crippen MR) is 55.2 cm³/mol. The van der Waals surface area contributed by atoms with Crippen LogP contribution < -0.4 is 5.32 Å². The molecule has 4 nitrogen and oxygen atoms in total. The lowest BCUT2D eigenvalue weighted by Crippen LogP contribution is -2.60. The molecule has 0 radical (unpaired) electrons. The van der Waals surface area contributed by atoms with Crippen LogP contribution in [-0.2, 0) is 4.79 Å². The van der Waals surface area contributed by atoms with Gasteiger partial charge in [0.2, 0.25) is 0 Å². The van der Waals surface area contributed by atoms with Crippen molar-refractivity contribution in [3.63, 3.8) is 0 Å². The van der Waals surface area contributed by atoms with Crippen LogP contribution in [0, 0.1) is 0 Å². The van der Waals surface area contributed by atoms with Crippen molar-refractivity contribution in [1.82, 2.24) is 5.32 Å². The molecule has 0 atom stereocenters. The number of hydrogen-bond acceptors (Lipinski definition) is 3. The Kier molecular flexibility index (Phi) is 4.55. The van der Waals surface area contributed by atoms with Gasteiger partial charge in [-0.05, 0) is 26.7 Å². The second kappa shape index (κ2) is 4.75. The van der Waals surface area contributed by atoms with Crippen molar-refractivity contribution in [3.8, 4) is 0 Å². The minimum atomic E-state index is -1.01. The van der Waals surface area contributed by atoms with Crippen molar-refractivity contribution < 1.29 is 15.0 Å². The van der Waals surface area contributed by atoms with Crippen molar-refractivity contribution in [2.75, 3.05) is 6.61 Å². The van der Waals surface area contributed by atoms with E-state index in [1.165, 1.54) is 0 Å². The molecule has 0 amide bonds. The monoisotopic (exact) mass is 203 g/mol. The van der Waals surface area contributed by atoms with E-state index in [-0.39, 0.29) is 6.61 Å². The van der Waals surface area contributed by atoms with Gasteiger partial charge in [-0.1, -0.05) is 13.8 Å². The van der Waals surface area contributed by atoms with Gasteiger partial charge in [0, 0.05) is 5.54 Å². The standard InChI is InChI=1S/C10H21NO3/c1-5-10(6-2,7-12)11-9(3,4)8(13)14/h11-12H,5-7H2,1-4H3,(H,13,14). The Morgan fingerprint density at radius 2 is 1.71 bits per heavy atom. The maximum absolute atomic E-state index is 10.9. The summed E-state index contributed by atoms with van der Waals surface area (Å²) in [5, 5.41) is 21.2. The molecule has 0 saturated heterocycles. The summed E-state index contributed by atoms with van der Waals surface area (Å²) in [6.45, 7) is 7.03. The molecule has 0 aromatic carbocycles. The van der Waals surface area contributed by atoms with E-state index in [1.807, 2.05) is 13.8 Å². The third-order valence-corrected chi connectivity index (χ3v) is 2.77. The molecule has 84 valence electrons. The number of nitrogens with one attached hydrogen (secondary N) is 1. The van der Waals surface area contributed by atoms with Gasteiger partial charge in [-0.3, -0.25) is 10.1 Å². The van der Waals surface area contributed by atoms with E-state index in [1.54, 1.807) is 13.8 Å². The van der Waals surface area contributed by atoms with Crippen LogP contribution in [0.2, 0.25) is 0 Å². The normalized spacial score (nSPS) is 12.9. The van der Waals surface area contributed by atoms with Crippen LogP contribution in [0.5, 0.6) is 0 Å². The summed E-state index contributed by atoms with van der Waals surface area (Å²) >= 11 is 0. The smallest absolute Gasteiger partial charge is 0.323 e. The first-order valence-electron chi connectivity index (χ1n) is 4.97. The first-order chi connectivity index (χ1) is 6.33. The van der Waals surface area contributed by atoms with Crippen molar-refractivity contribution in [3.05, 3.63) is 0 Å². The number of carbonyl (C=O) groups is 1. The van der Waals surface area contributed by atoms with E-state index < -0.39 is 17.0 Å². The highest BCUT2D eigenvalue weighted by molar-refractivity contribution is 5.77. The van der Waals surface area contributed by atoms with E-state index in [2.05, 4.69) is 5.32 Å². The first kappa shape index (κ1) is 13.4. The van der Waals surface area contributed by atoms with Crippen molar-refractivity contribution in [2.45, 2.75) is 51.6 Å². The molecule has 0 aromatic rings. The van der Waals surface area contributed by atoms with Gasteiger partial charge in [0.15, 0.2) is 0 Å². The molecule has 0 saturated carbocycles. The maximum Gasteiger partial charge on any atom is 0.323 e. The highest BCUT2D eigenvalue weighted by Gasteiger charge is 2.36. The summed E-state index contributed by atoms with van der Waals surface area (Å²) in [6, 6.07) is 0. The van der Waals surface area contributed by atoms with Gasteiger partial charge < -0.3 is 10.2 Å². The lowest BCUT2D eigenvalue weighted by molar-refractivity contribution is -0.144. The average Bonchev–Trinajstić information content (AvgIpc) is 2.14. The number of aliphatic hydroxyl groups is 1. The molecule has 0 aliphatic heterocycles. The molecule has 0 unspecified atom stereocenters. The molecule has 4 heteroatoms. The molecule has 0 rings (SSSR count). The molecule has 0 aromatic heterocycles. The maximum atomic E-state index is 10.9. The Morgan fingerprint density at radius 1 is 1.29 bits per heavy atom. The van der Waals surface area contributed by atoms with Gasteiger partial charge in [-0.25, -0.2) is 0 Å². The zero-order chi connectivity index (χ0) is 11.4. The second-order valence-electron chi connectivity index (χ2n) is 4.20. The van der Waals surface area contributed by atoms with Crippen LogP contribution in [-0.4, -0.2) is 33.9 Å². The number of hydrogen-bond donors (Lipinski definition) is 3. The van der Waals surface area contributed by atoms with Gasteiger partial charge in [0.05, 0.1) is 6.61 Å². The Bertz CT molecular complexity index is 189. The third kappa shape index (κ3) is 2.96. The lowest BCUT2D eigenvalue weighted by Gasteiger charge is -2.37. The average molecular weight is 203 g/mol. The van der Waals surface area contributed by atoms with E-state index in [0.717, 1.165) is 0 Å². The summed E-state index contributed by atoms with van der Waals surface area (Å²) in [6.07, 6.45) is 1.41. The quantitative estimate of drug-likeness (QED) is 0.602.